The molecule has 3 heterocycles. The number of benzene rings is 2. The number of methoxy groups -OCH3 is 1. The van der Waals surface area contributed by atoms with E-state index in [-0.39, 0.29) is 11.4 Å². The number of hydrogen-bond acceptors (Lipinski definition) is 8. The van der Waals surface area contributed by atoms with Gasteiger partial charge in [-0.1, -0.05) is 11.3 Å². The Kier molecular flexibility index (Phi) is 7.29. The molecule has 1 aromatic heterocycles. The van der Waals surface area contributed by atoms with Crippen LogP contribution in [0.15, 0.2) is 46.3 Å². The van der Waals surface area contributed by atoms with Crippen LogP contribution < -0.4 is 19.0 Å². The largest absolute Gasteiger partial charge is 0.497 e. The Hall–Kier alpha value is -2.54. The minimum atomic E-state index is -3.85. The van der Waals surface area contributed by atoms with Gasteiger partial charge in [0.15, 0.2) is 16.3 Å². The van der Waals surface area contributed by atoms with Crippen LogP contribution in [0.4, 0.5) is 0 Å². The SMILES string of the molecule is COc1ccc(S(=O)(=O)N2CCCC2C(=O)N=c2sc3cc4c(cc3n2CCSC)OCCO4)cc1. The Bertz CT molecular complexity index is 1450. The Morgan fingerprint density at radius 3 is 2.61 bits per heavy atom. The van der Waals surface area contributed by atoms with E-state index in [9.17, 15) is 13.2 Å². The van der Waals surface area contributed by atoms with Crippen LogP contribution in [0.5, 0.6) is 17.2 Å². The first-order valence-electron chi connectivity index (χ1n) is 11.6. The van der Waals surface area contributed by atoms with E-state index in [0.29, 0.717) is 54.7 Å². The number of sulfonamides is 1. The van der Waals surface area contributed by atoms with Crippen LogP contribution in [0.2, 0.25) is 0 Å². The zero-order chi connectivity index (χ0) is 25.3. The minimum Gasteiger partial charge on any atom is -0.497 e. The van der Waals surface area contributed by atoms with E-state index < -0.39 is 22.0 Å². The number of nitrogens with zero attached hydrogens (tertiary/aromatic N) is 3. The van der Waals surface area contributed by atoms with Crippen molar-refractivity contribution in [3.8, 4) is 17.2 Å². The van der Waals surface area contributed by atoms with Gasteiger partial charge >= 0.3 is 0 Å². The first-order valence-corrected chi connectivity index (χ1v) is 15.2. The second kappa shape index (κ2) is 10.4. The van der Waals surface area contributed by atoms with Gasteiger partial charge < -0.3 is 18.8 Å². The summed E-state index contributed by atoms with van der Waals surface area (Å²) in [6, 6.07) is 9.21. The number of carbonyl (C=O) groups is 1. The first-order chi connectivity index (χ1) is 17.4. The van der Waals surface area contributed by atoms with Crippen LogP contribution >= 0.6 is 23.1 Å². The van der Waals surface area contributed by atoms with E-state index in [2.05, 4.69) is 4.99 Å². The molecule has 0 spiro atoms. The molecule has 3 aromatic rings. The minimum absolute atomic E-state index is 0.130. The summed E-state index contributed by atoms with van der Waals surface area (Å²) in [7, 11) is -2.33. The van der Waals surface area contributed by atoms with Crippen molar-refractivity contribution in [3.63, 3.8) is 0 Å². The third-order valence-electron chi connectivity index (χ3n) is 6.23. The molecule has 1 atom stereocenters. The summed E-state index contributed by atoms with van der Waals surface area (Å²) < 4.78 is 47.5. The summed E-state index contributed by atoms with van der Waals surface area (Å²) in [6.07, 6.45) is 3.06. The molecule has 192 valence electrons. The van der Waals surface area contributed by atoms with Crippen LogP contribution in [0, 0.1) is 0 Å². The van der Waals surface area contributed by atoms with Gasteiger partial charge in [-0.25, -0.2) is 8.42 Å². The predicted octanol–water partition coefficient (Wildman–Crippen LogP) is 3.13. The lowest BCUT2D eigenvalue weighted by Gasteiger charge is -2.21. The van der Waals surface area contributed by atoms with Gasteiger partial charge in [-0.05, 0) is 43.4 Å². The number of thioether (sulfide) groups is 1. The molecule has 0 saturated carbocycles. The zero-order valence-electron chi connectivity index (χ0n) is 20.0. The normalized spacial score (nSPS) is 18.6. The maximum atomic E-state index is 13.4. The molecule has 0 N–H and O–H groups in total. The van der Waals surface area contributed by atoms with Crippen LogP contribution in [0.25, 0.3) is 10.2 Å². The standard InChI is InChI=1S/C24H27N3O6S3/c1-31-16-5-7-17(8-6-16)36(29,30)27-9-3-4-18(27)23(28)25-24-26(10-13-34-2)19-14-20-21(15-22(19)35-24)33-12-11-32-20/h5-8,14-15,18H,3-4,9-13H2,1-2H3. The van der Waals surface area contributed by atoms with Gasteiger partial charge in [0.05, 0.1) is 22.2 Å². The molecule has 0 aliphatic carbocycles. The van der Waals surface area contributed by atoms with E-state index in [1.807, 2.05) is 23.0 Å². The van der Waals surface area contributed by atoms with Crippen molar-refractivity contribution in [2.24, 2.45) is 4.99 Å². The molecule has 12 heteroatoms. The monoisotopic (exact) mass is 549 g/mol. The molecule has 0 radical (unpaired) electrons. The van der Waals surface area contributed by atoms with Crippen LogP contribution in [0.1, 0.15) is 12.8 Å². The highest BCUT2D eigenvalue weighted by Crippen LogP contribution is 2.36. The summed E-state index contributed by atoms with van der Waals surface area (Å²) in [4.78, 5) is 18.5. The lowest BCUT2D eigenvalue weighted by molar-refractivity contribution is -0.121. The number of aryl methyl sites for hydroxylation is 1. The van der Waals surface area contributed by atoms with Crippen LogP contribution in [-0.2, 0) is 21.4 Å². The summed E-state index contributed by atoms with van der Waals surface area (Å²) in [6.45, 7) is 1.92. The fourth-order valence-corrected chi connectivity index (χ4v) is 7.50. The molecule has 2 aromatic carbocycles. The van der Waals surface area contributed by atoms with Gasteiger partial charge in [0.25, 0.3) is 5.91 Å². The number of fused-ring (bicyclic) bond motifs is 2. The Morgan fingerprint density at radius 2 is 1.92 bits per heavy atom. The fourth-order valence-electron chi connectivity index (χ4n) is 4.42. The van der Waals surface area contributed by atoms with Gasteiger partial charge in [0.2, 0.25) is 10.0 Å². The Labute approximate surface area is 217 Å². The zero-order valence-corrected chi connectivity index (χ0v) is 22.5. The lowest BCUT2D eigenvalue weighted by atomic mass is 10.2. The average Bonchev–Trinajstić information content (AvgIpc) is 3.51. The van der Waals surface area contributed by atoms with Gasteiger partial charge in [-0.2, -0.15) is 21.1 Å². The summed E-state index contributed by atoms with van der Waals surface area (Å²) >= 11 is 3.09. The van der Waals surface area contributed by atoms with Crippen molar-refractivity contribution in [2.45, 2.75) is 30.3 Å². The number of aromatic nitrogens is 1. The molecule has 36 heavy (non-hydrogen) atoms. The van der Waals surface area contributed by atoms with Crippen molar-refractivity contribution in [1.82, 2.24) is 8.87 Å². The quantitative estimate of drug-likeness (QED) is 0.447. The second-order valence-electron chi connectivity index (χ2n) is 8.39. The number of ether oxygens (including phenoxy) is 3. The highest BCUT2D eigenvalue weighted by atomic mass is 32.2. The number of amides is 1. The molecule has 2 aliphatic heterocycles. The predicted molar refractivity (Wildman–Crippen MR) is 140 cm³/mol. The van der Waals surface area contributed by atoms with Crippen molar-refractivity contribution < 1.29 is 27.4 Å². The van der Waals surface area contributed by atoms with Crippen molar-refractivity contribution in [1.29, 1.82) is 0 Å². The molecule has 9 nitrogen and oxygen atoms in total. The third kappa shape index (κ3) is 4.74. The molecule has 1 saturated heterocycles. The van der Waals surface area contributed by atoms with Crippen LogP contribution in [0.3, 0.4) is 0 Å². The maximum absolute atomic E-state index is 13.4. The number of carbonyl (C=O) groups excluding carboxylic acids is 1. The van der Waals surface area contributed by atoms with Crippen molar-refractivity contribution >= 4 is 49.2 Å². The molecule has 2 aliphatic rings. The molecule has 1 unspecified atom stereocenters. The summed E-state index contributed by atoms with van der Waals surface area (Å²) in [5.41, 5.74) is 0.916. The van der Waals surface area contributed by atoms with Gasteiger partial charge in [0.1, 0.15) is 25.0 Å². The van der Waals surface area contributed by atoms with E-state index >= 15 is 0 Å². The smallest absolute Gasteiger partial charge is 0.266 e. The highest BCUT2D eigenvalue weighted by Gasteiger charge is 2.39. The van der Waals surface area contributed by atoms with E-state index in [4.69, 9.17) is 14.2 Å². The van der Waals surface area contributed by atoms with Gasteiger partial charge in [-0.3, -0.25) is 4.79 Å². The molecule has 1 fully saturated rings. The molecular weight excluding hydrogens is 522 g/mol. The van der Waals surface area contributed by atoms with Crippen molar-refractivity contribution in [3.05, 3.63) is 41.2 Å². The maximum Gasteiger partial charge on any atom is 0.266 e. The fraction of sp³-hybridized carbons (Fsp3) is 0.417. The summed E-state index contributed by atoms with van der Waals surface area (Å²) in [5, 5.41) is 0. The lowest BCUT2D eigenvalue weighted by Crippen LogP contribution is -2.40. The topological polar surface area (TPSA) is 99.4 Å². The molecule has 1 amide bonds. The Balaban J connectivity index is 1.50. The number of hydrogen-bond donors (Lipinski definition) is 0. The molecular formula is C24H27N3O6S3. The second-order valence-corrected chi connectivity index (χ2v) is 12.3. The van der Waals surface area contributed by atoms with E-state index in [1.54, 1.807) is 23.9 Å². The third-order valence-corrected chi connectivity index (χ3v) is 9.78. The molecule has 0 bridgehead atoms. The number of thiazole rings is 1. The average molecular weight is 550 g/mol. The van der Waals surface area contributed by atoms with Gasteiger partial charge in [0, 0.05) is 31.0 Å². The van der Waals surface area contributed by atoms with E-state index in [1.165, 1.54) is 34.9 Å². The first kappa shape index (κ1) is 25.1. The Morgan fingerprint density at radius 1 is 1.19 bits per heavy atom. The van der Waals surface area contributed by atoms with Crippen molar-refractivity contribution in [2.75, 3.05) is 38.9 Å². The number of rotatable bonds is 7. The van der Waals surface area contributed by atoms with Gasteiger partial charge in [-0.15, -0.1) is 0 Å². The summed E-state index contributed by atoms with van der Waals surface area (Å²) in [5.74, 6) is 2.30. The van der Waals surface area contributed by atoms with Crippen LogP contribution in [-0.4, -0.2) is 68.1 Å². The highest BCUT2D eigenvalue weighted by molar-refractivity contribution is 7.98. The van der Waals surface area contributed by atoms with E-state index in [0.717, 1.165) is 16.0 Å². The molecule has 5 rings (SSSR count).